The molecule has 0 atom stereocenters. The predicted octanol–water partition coefficient (Wildman–Crippen LogP) is 4.78. The minimum Gasteiger partial charge on any atom is -0.135 e. The standard InChI is InChI=1S/C16H12S/c1-10-6-7-15-13(8-10)14-9-11-4-2-3-5-12(11)16(14)17-15/h2-8H,9H2,1H3. The molecule has 1 aliphatic rings. The summed E-state index contributed by atoms with van der Waals surface area (Å²) in [7, 11) is 0. The van der Waals surface area contributed by atoms with E-state index < -0.39 is 0 Å². The third-order valence-corrected chi connectivity index (χ3v) is 4.82. The highest BCUT2D eigenvalue weighted by Gasteiger charge is 2.22. The Kier molecular flexibility index (Phi) is 1.78. The monoisotopic (exact) mass is 236 g/mol. The predicted molar refractivity (Wildman–Crippen MR) is 74.8 cm³/mol. The number of hydrogen-bond acceptors (Lipinski definition) is 1. The van der Waals surface area contributed by atoms with E-state index in [4.69, 9.17) is 0 Å². The van der Waals surface area contributed by atoms with E-state index in [1.165, 1.54) is 37.2 Å². The zero-order valence-electron chi connectivity index (χ0n) is 9.66. The Labute approximate surface area is 105 Å². The van der Waals surface area contributed by atoms with Crippen LogP contribution in [0.2, 0.25) is 0 Å². The fourth-order valence-corrected chi connectivity index (χ4v) is 4.00. The van der Waals surface area contributed by atoms with Crippen molar-refractivity contribution in [3.63, 3.8) is 0 Å². The molecule has 1 heteroatoms. The van der Waals surface area contributed by atoms with Crippen LogP contribution >= 0.6 is 11.3 Å². The molecule has 0 unspecified atom stereocenters. The molecule has 1 aromatic heterocycles. The topological polar surface area (TPSA) is 0 Å². The molecule has 0 aliphatic heterocycles. The van der Waals surface area contributed by atoms with E-state index in [1.807, 2.05) is 11.3 Å². The van der Waals surface area contributed by atoms with Gasteiger partial charge in [0.25, 0.3) is 0 Å². The van der Waals surface area contributed by atoms with Gasteiger partial charge in [-0.15, -0.1) is 11.3 Å². The highest BCUT2D eigenvalue weighted by atomic mass is 32.1. The van der Waals surface area contributed by atoms with Crippen LogP contribution in [0.3, 0.4) is 0 Å². The van der Waals surface area contributed by atoms with E-state index >= 15 is 0 Å². The second kappa shape index (κ2) is 3.21. The average molecular weight is 236 g/mol. The summed E-state index contributed by atoms with van der Waals surface area (Å²) < 4.78 is 1.43. The van der Waals surface area contributed by atoms with Gasteiger partial charge in [-0.2, -0.15) is 0 Å². The van der Waals surface area contributed by atoms with Crippen molar-refractivity contribution in [3.8, 4) is 10.4 Å². The van der Waals surface area contributed by atoms with Gasteiger partial charge in [-0.1, -0.05) is 42.0 Å². The molecule has 0 fully saturated rings. The van der Waals surface area contributed by atoms with Gasteiger partial charge in [-0.25, -0.2) is 0 Å². The Balaban J connectivity index is 2.09. The number of aryl methyl sites for hydroxylation is 1. The lowest BCUT2D eigenvalue weighted by Crippen LogP contribution is -1.80. The van der Waals surface area contributed by atoms with E-state index in [0.717, 1.165) is 6.42 Å². The smallest absolute Gasteiger partial charge is 0.0393 e. The summed E-state index contributed by atoms with van der Waals surface area (Å²) in [5, 5.41) is 1.46. The zero-order valence-corrected chi connectivity index (χ0v) is 10.5. The second-order valence-corrected chi connectivity index (χ2v) is 5.80. The van der Waals surface area contributed by atoms with Crippen molar-refractivity contribution in [2.24, 2.45) is 0 Å². The molecule has 0 N–H and O–H groups in total. The molecule has 4 rings (SSSR count). The van der Waals surface area contributed by atoms with Crippen molar-refractivity contribution in [2.45, 2.75) is 13.3 Å². The maximum absolute atomic E-state index is 2.33. The molecule has 0 saturated carbocycles. The fourth-order valence-electron chi connectivity index (χ4n) is 2.74. The van der Waals surface area contributed by atoms with Crippen molar-refractivity contribution in [1.82, 2.24) is 0 Å². The van der Waals surface area contributed by atoms with Gasteiger partial charge in [0.2, 0.25) is 0 Å². The molecule has 82 valence electrons. The normalized spacial score (nSPS) is 12.8. The van der Waals surface area contributed by atoms with Crippen LogP contribution in [-0.2, 0) is 6.42 Å². The first-order chi connectivity index (χ1) is 8.33. The van der Waals surface area contributed by atoms with Crippen molar-refractivity contribution in [1.29, 1.82) is 0 Å². The maximum atomic E-state index is 2.33. The van der Waals surface area contributed by atoms with Crippen LogP contribution in [0.1, 0.15) is 16.7 Å². The van der Waals surface area contributed by atoms with Crippen LogP contribution in [0.5, 0.6) is 0 Å². The quantitative estimate of drug-likeness (QED) is 0.412. The zero-order chi connectivity index (χ0) is 11.4. The van der Waals surface area contributed by atoms with Gasteiger partial charge >= 0.3 is 0 Å². The second-order valence-electron chi connectivity index (χ2n) is 4.74. The Morgan fingerprint density at radius 3 is 2.88 bits per heavy atom. The molecule has 3 aromatic rings. The van der Waals surface area contributed by atoms with E-state index in [2.05, 4.69) is 49.4 Å². The number of fused-ring (bicyclic) bond motifs is 5. The third kappa shape index (κ3) is 1.23. The van der Waals surface area contributed by atoms with Crippen molar-refractivity contribution >= 4 is 21.4 Å². The molecule has 0 nitrogen and oxygen atoms in total. The molecule has 0 spiro atoms. The summed E-state index contributed by atoms with van der Waals surface area (Å²) in [6.45, 7) is 2.17. The minimum atomic E-state index is 1.11. The van der Waals surface area contributed by atoms with Crippen LogP contribution in [0.25, 0.3) is 20.5 Å². The Morgan fingerprint density at radius 1 is 1.06 bits per heavy atom. The van der Waals surface area contributed by atoms with Crippen LogP contribution in [0.4, 0.5) is 0 Å². The van der Waals surface area contributed by atoms with Crippen LogP contribution in [0.15, 0.2) is 42.5 Å². The third-order valence-electron chi connectivity index (χ3n) is 3.58. The first kappa shape index (κ1) is 9.43. The van der Waals surface area contributed by atoms with E-state index in [0.29, 0.717) is 0 Å². The van der Waals surface area contributed by atoms with Gasteiger partial charge in [-0.05, 0) is 35.1 Å². The minimum absolute atomic E-state index is 1.11. The van der Waals surface area contributed by atoms with Crippen LogP contribution in [-0.4, -0.2) is 0 Å². The first-order valence-corrected chi connectivity index (χ1v) is 6.75. The van der Waals surface area contributed by atoms with E-state index in [9.17, 15) is 0 Å². The van der Waals surface area contributed by atoms with Crippen molar-refractivity contribution < 1.29 is 0 Å². The van der Waals surface area contributed by atoms with Gasteiger partial charge in [0.1, 0.15) is 0 Å². The number of thiophene rings is 1. The highest BCUT2D eigenvalue weighted by molar-refractivity contribution is 7.22. The van der Waals surface area contributed by atoms with Gasteiger partial charge in [0.15, 0.2) is 0 Å². The van der Waals surface area contributed by atoms with E-state index in [-0.39, 0.29) is 0 Å². The van der Waals surface area contributed by atoms with Gasteiger partial charge in [-0.3, -0.25) is 0 Å². The average Bonchev–Trinajstić information content (AvgIpc) is 2.85. The molecule has 0 bridgehead atoms. The van der Waals surface area contributed by atoms with E-state index in [1.54, 1.807) is 0 Å². The Hall–Kier alpha value is -1.60. The molecule has 1 aliphatic carbocycles. The molecule has 0 saturated heterocycles. The Morgan fingerprint density at radius 2 is 1.94 bits per heavy atom. The van der Waals surface area contributed by atoms with Crippen molar-refractivity contribution in [2.75, 3.05) is 0 Å². The number of rotatable bonds is 0. The largest absolute Gasteiger partial charge is 0.135 e. The lowest BCUT2D eigenvalue weighted by molar-refractivity contribution is 1.29. The fraction of sp³-hybridized carbons (Fsp3) is 0.125. The number of hydrogen-bond donors (Lipinski definition) is 0. The summed E-state index contributed by atoms with van der Waals surface area (Å²) in [5.41, 5.74) is 5.82. The highest BCUT2D eigenvalue weighted by Crippen LogP contribution is 2.46. The van der Waals surface area contributed by atoms with Crippen LogP contribution < -0.4 is 0 Å². The van der Waals surface area contributed by atoms with Gasteiger partial charge < -0.3 is 0 Å². The van der Waals surface area contributed by atoms with Crippen molar-refractivity contribution in [3.05, 3.63) is 59.2 Å². The Bertz CT molecular complexity index is 734. The summed E-state index contributed by atoms with van der Waals surface area (Å²) in [6.07, 6.45) is 1.11. The lowest BCUT2D eigenvalue weighted by atomic mass is 10.1. The summed E-state index contributed by atoms with van der Waals surface area (Å²) in [6, 6.07) is 15.6. The number of benzene rings is 2. The molecule has 1 heterocycles. The molecule has 0 amide bonds. The molecular weight excluding hydrogens is 224 g/mol. The molecular formula is C16H12S. The van der Waals surface area contributed by atoms with Gasteiger partial charge in [0.05, 0.1) is 0 Å². The van der Waals surface area contributed by atoms with Crippen LogP contribution in [0, 0.1) is 6.92 Å². The first-order valence-electron chi connectivity index (χ1n) is 5.93. The SMILES string of the molecule is Cc1ccc2sc3c(c2c1)Cc1ccccc1-3. The molecule has 2 aromatic carbocycles. The molecule has 17 heavy (non-hydrogen) atoms. The van der Waals surface area contributed by atoms with Gasteiger partial charge in [0, 0.05) is 16.0 Å². The summed E-state index contributed by atoms with van der Waals surface area (Å²) in [5.74, 6) is 0. The maximum Gasteiger partial charge on any atom is 0.0393 e. The lowest BCUT2D eigenvalue weighted by Gasteiger charge is -1.98. The summed E-state index contributed by atoms with van der Waals surface area (Å²) >= 11 is 1.94. The summed E-state index contributed by atoms with van der Waals surface area (Å²) in [4.78, 5) is 1.49. The molecule has 0 radical (unpaired) electrons.